The number of nitrogens with zero attached hydrogens (tertiary/aromatic N) is 3. The maximum absolute atomic E-state index is 12.5. The number of rotatable bonds is 6. The molecule has 1 aromatic heterocycles. The van der Waals surface area contributed by atoms with E-state index in [9.17, 15) is 13.6 Å². The van der Waals surface area contributed by atoms with Crippen molar-refractivity contribution >= 4 is 17.9 Å². The van der Waals surface area contributed by atoms with Crippen LogP contribution in [-0.2, 0) is 11.2 Å². The monoisotopic (exact) mass is 403 g/mol. The van der Waals surface area contributed by atoms with Gasteiger partial charge < -0.3 is 9.64 Å². The summed E-state index contributed by atoms with van der Waals surface area (Å²) in [5, 5.41) is 0. The van der Waals surface area contributed by atoms with Crippen molar-refractivity contribution in [1.82, 2.24) is 14.2 Å². The van der Waals surface area contributed by atoms with E-state index in [0.29, 0.717) is 19.5 Å². The first-order chi connectivity index (χ1) is 13.6. The minimum atomic E-state index is -2.81. The smallest absolute Gasteiger partial charge is 0.387 e. The standard InChI is InChI=1S/C20H19F2N3O2S/c21-20(22)27-17-4-6-18(7-5-17)28-25-12-14-10-24(11-15(14)13-25)19(26)9-16-3-1-2-8-23-16/h1-8,20H,9-13H2. The van der Waals surface area contributed by atoms with Crippen LogP contribution in [0.1, 0.15) is 5.69 Å². The number of carbonyl (C=O) groups excluding carboxylic acids is 1. The number of carbonyl (C=O) groups is 1. The molecule has 2 aliphatic rings. The third-order valence-corrected chi connectivity index (χ3v) is 5.69. The van der Waals surface area contributed by atoms with Gasteiger partial charge in [0, 0.05) is 43.0 Å². The van der Waals surface area contributed by atoms with Crippen LogP contribution in [0.2, 0.25) is 0 Å². The molecule has 0 N–H and O–H groups in total. The van der Waals surface area contributed by atoms with E-state index in [1.165, 1.54) is 11.1 Å². The van der Waals surface area contributed by atoms with Gasteiger partial charge in [-0.05, 0) is 59.5 Å². The van der Waals surface area contributed by atoms with Gasteiger partial charge in [-0.2, -0.15) is 8.78 Å². The maximum atomic E-state index is 12.5. The van der Waals surface area contributed by atoms with Crippen LogP contribution in [-0.4, -0.2) is 52.9 Å². The Bertz CT molecular complexity index is 857. The van der Waals surface area contributed by atoms with Gasteiger partial charge in [-0.1, -0.05) is 6.07 Å². The van der Waals surface area contributed by atoms with Gasteiger partial charge in [0.1, 0.15) is 5.75 Å². The lowest BCUT2D eigenvalue weighted by molar-refractivity contribution is -0.129. The summed E-state index contributed by atoms with van der Waals surface area (Å²) < 4.78 is 31.0. The molecule has 2 aromatic rings. The lowest BCUT2D eigenvalue weighted by atomic mass is 10.2. The van der Waals surface area contributed by atoms with Gasteiger partial charge in [-0.15, -0.1) is 0 Å². The first-order valence-corrected chi connectivity index (χ1v) is 9.69. The molecule has 0 fully saturated rings. The van der Waals surface area contributed by atoms with Crippen LogP contribution in [0.3, 0.4) is 0 Å². The van der Waals surface area contributed by atoms with Gasteiger partial charge >= 0.3 is 6.61 Å². The summed E-state index contributed by atoms with van der Waals surface area (Å²) >= 11 is 1.58. The predicted octanol–water partition coefficient (Wildman–Crippen LogP) is 3.39. The quantitative estimate of drug-likeness (QED) is 0.547. The summed E-state index contributed by atoms with van der Waals surface area (Å²) in [6.45, 7) is 0.108. The highest BCUT2D eigenvalue weighted by molar-refractivity contribution is 7.97. The highest BCUT2D eigenvalue weighted by Gasteiger charge is 2.32. The Kier molecular flexibility index (Phi) is 5.59. The number of halogens is 2. The van der Waals surface area contributed by atoms with E-state index < -0.39 is 6.61 Å². The molecule has 1 amide bonds. The fraction of sp³-hybridized carbons (Fsp3) is 0.300. The fourth-order valence-corrected chi connectivity index (χ4v) is 4.38. The molecule has 1 aromatic carbocycles. The first-order valence-electron chi connectivity index (χ1n) is 8.92. The second-order valence-corrected chi connectivity index (χ2v) is 7.86. The van der Waals surface area contributed by atoms with Gasteiger partial charge in [0.25, 0.3) is 0 Å². The van der Waals surface area contributed by atoms with Crippen molar-refractivity contribution in [2.24, 2.45) is 0 Å². The van der Waals surface area contributed by atoms with E-state index in [1.807, 2.05) is 23.1 Å². The third-order valence-electron chi connectivity index (χ3n) is 4.69. The molecule has 0 saturated heterocycles. The maximum Gasteiger partial charge on any atom is 0.387 e. The number of hydrogen-bond donors (Lipinski definition) is 0. The Morgan fingerprint density at radius 2 is 1.79 bits per heavy atom. The summed E-state index contributed by atoms with van der Waals surface area (Å²) in [6.07, 6.45) is 2.03. The first kappa shape index (κ1) is 18.9. The Morgan fingerprint density at radius 1 is 1.07 bits per heavy atom. The molecule has 0 spiro atoms. The molecule has 0 bridgehead atoms. The van der Waals surface area contributed by atoms with Crippen molar-refractivity contribution in [3.8, 4) is 5.75 Å². The number of benzene rings is 1. The number of pyridine rings is 1. The SMILES string of the molecule is O=C(Cc1ccccn1)N1CC2=C(CN(Sc3ccc(OC(F)F)cc3)C2)C1. The van der Waals surface area contributed by atoms with Crippen LogP contribution in [0.5, 0.6) is 5.75 Å². The molecular formula is C20H19F2N3O2S. The highest BCUT2D eigenvalue weighted by atomic mass is 32.2. The molecule has 0 unspecified atom stereocenters. The van der Waals surface area contributed by atoms with Crippen LogP contribution < -0.4 is 4.74 Å². The molecule has 28 heavy (non-hydrogen) atoms. The van der Waals surface area contributed by atoms with E-state index in [2.05, 4.69) is 14.0 Å². The van der Waals surface area contributed by atoms with Gasteiger partial charge in [0.2, 0.25) is 5.91 Å². The van der Waals surface area contributed by atoms with Crippen LogP contribution in [0.15, 0.2) is 64.7 Å². The molecule has 4 rings (SSSR count). The minimum Gasteiger partial charge on any atom is -0.435 e. The number of hydrogen-bond acceptors (Lipinski definition) is 5. The molecule has 3 heterocycles. The lowest BCUT2D eigenvalue weighted by Crippen LogP contribution is -2.33. The molecule has 5 nitrogen and oxygen atoms in total. The average Bonchev–Trinajstić information content (AvgIpc) is 3.22. The van der Waals surface area contributed by atoms with E-state index in [1.54, 1.807) is 42.4 Å². The highest BCUT2D eigenvalue weighted by Crippen LogP contribution is 2.34. The predicted molar refractivity (Wildman–Crippen MR) is 102 cm³/mol. The zero-order chi connectivity index (χ0) is 19.5. The van der Waals surface area contributed by atoms with Crippen molar-refractivity contribution in [3.63, 3.8) is 0 Å². The molecule has 2 aliphatic heterocycles. The fourth-order valence-electron chi connectivity index (χ4n) is 3.39. The Morgan fingerprint density at radius 3 is 2.39 bits per heavy atom. The number of alkyl halides is 2. The second-order valence-electron chi connectivity index (χ2n) is 6.69. The Balaban J connectivity index is 1.27. The summed E-state index contributed by atoms with van der Waals surface area (Å²) in [4.78, 5) is 19.6. The zero-order valence-electron chi connectivity index (χ0n) is 15.1. The lowest BCUT2D eigenvalue weighted by Gasteiger charge is -2.22. The summed E-state index contributed by atoms with van der Waals surface area (Å²) in [7, 11) is 0. The molecular weight excluding hydrogens is 384 g/mol. The van der Waals surface area contributed by atoms with Crippen LogP contribution in [0.4, 0.5) is 8.78 Å². The molecule has 0 atom stereocenters. The molecule has 0 aliphatic carbocycles. The van der Waals surface area contributed by atoms with Crippen molar-refractivity contribution in [2.75, 3.05) is 26.2 Å². The molecule has 0 saturated carbocycles. The average molecular weight is 403 g/mol. The largest absolute Gasteiger partial charge is 0.435 e. The Labute approximate surface area is 166 Å². The molecule has 8 heteroatoms. The van der Waals surface area contributed by atoms with Gasteiger partial charge in [-0.25, -0.2) is 4.31 Å². The van der Waals surface area contributed by atoms with Gasteiger partial charge in [0.05, 0.1) is 6.42 Å². The van der Waals surface area contributed by atoms with E-state index in [-0.39, 0.29) is 11.7 Å². The Hall–Kier alpha value is -2.45. The number of amides is 1. The molecule has 0 radical (unpaired) electrons. The van der Waals surface area contributed by atoms with Crippen molar-refractivity contribution < 1.29 is 18.3 Å². The van der Waals surface area contributed by atoms with Gasteiger partial charge in [-0.3, -0.25) is 9.78 Å². The normalized spacial score (nSPS) is 16.8. The van der Waals surface area contributed by atoms with E-state index in [0.717, 1.165) is 23.7 Å². The topological polar surface area (TPSA) is 45.7 Å². The van der Waals surface area contributed by atoms with Crippen LogP contribution in [0.25, 0.3) is 0 Å². The van der Waals surface area contributed by atoms with Gasteiger partial charge in [0.15, 0.2) is 0 Å². The summed E-state index contributed by atoms with van der Waals surface area (Å²) in [5.74, 6) is 0.255. The number of aromatic nitrogens is 1. The van der Waals surface area contributed by atoms with E-state index >= 15 is 0 Å². The number of ether oxygens (including phenoxy) is 1. The minimum absolute atomic E-state index is 0.0990. The van der Waals surface area contributed by atoms with Crippen LogP contribution >= 0.6 is 11.9 Å². The van der Waals surface area contributed by atoms with Crippen molar-refractivity contribution in [2.45, 2.75) is 17.9 Å². The van der Waals surface area contributed by atoms with E-state index in [4.69, 9.17) is 0 Å². The third kappa shape index (κ3) is 4.51. The second kappa shape index (κ2) is 8.28. The molecule has 146 valence electrons. The van der Waals surface area contributed by atoms with Crippen molar-refractivity contribution in [3.05, 3.63) is 65.5 Å². The summed E-state index contributed by atoms with van der Waals surface area (Å²) in [5.41, 5.74) is 3.37. The van der Waals surface area contributed by atoms with Crippen LogP contribution in [0, 0.1) is 0 Å². The van der Waals surface area contributed by atoms with Crippen molar-refractivity contribution in [1.29, 1.82) is 0 Å². The zero-order valence-corrected chi connectivity index (χ0v) is 15.9. The summed E-state index contributed by atoms with van der Waals surface area (Å²) in [6, 6.07) is 12.2.